The molecule has 0 aromatic rings. The lowest BCUT2D eigenvalue weighted by Crippen LogP contribution is -2.60. The predicted octanol–water partition coefficient (Wildman–Crippen LogP) is 6.84. The Morgan fingerprint density at radius 1 is 0.643 bits per heavy atom. The van der Waals surface area contributed by atoms with Crippen LogP contribution < -0.4 is 38.1 Å². The molecule has 1 unspecified atom stereocenters. The van der Waals surface area contributed by atoms with E-state index in [4.69, 9.17) is 11.5 Å². The van der Waals surface area contributed by atoms with Gasteiger partial charge in [-0.2, -0.15) is 0 Å². The highest BCUT2D eigenvalue weighted by molar-refractivity contribution is 5.97. The van der Waals surface area contributed by atoms with Crippen LogP contribution in [-0.4, -0.2) is 107 Å². The molecule has 0 radical (unpaired) electrons. The van der Waals surface area contributed by atoms with Crippen molar-refractivity contribution in [2.75, 3.05) is 19.6 Å². The molecule has 0 aromatic carbocycles. The number of carboxylic acids is 1. The molecular weight excluding hydrogens is 889 g/mol. The highest BCUT2D eigenvalue weighted by atomic mass is 16.4. The number of carbonyl (C=O) groups is 7. The summed E-state index contributed by atoms with van der Waals surface area (Å²) in [6, 6.07) is -6.09. The zero-order chi connectivity index (χ0) is 51.7. The minimum atomic E-state index is -1.16. The fourth-order valence-electron chi connectivity index (χ4n) is 9.38. The van der Waals surface area contributed by atoms with Gasteiger partial charge in [0, 0.05) is 13.0 Å². The summed E-state index contributed by atoms with van der Waals surface area (Å²) in [5, 5.41) is 24.3. The van der Waals surface area contributed by atoms with E-state index in [1.54, 1.807) is 0 Å². The van der Waals surface area contributed by atoms with Crippen molar-refractivity contribution in [1.82, 2.24) is 31.5 Å². The molecule has 16 heteroatoms. The Labute approximate surface area is 421 Å². The van der Waals surface area contributed by atoms with Crippen LogP contribution in [0, 0.1) is 17.8 Å². The molecule has 0 spiro atoms. The Kier molecular flexibility index (Phi) is 32.3. The SMILES string of the molecule is CCCCCCCCCCCCCCCC(=O)N[C@@H](CC(C)C)C(=O)N[C@H](C(=O)N[C@@H](CCCCN)C(=O)N[C@@H](CCCCN)C(=O)N1CCC[C@H]1C(=O)N[C@@H](CC1C=CC=CC1)C(=O)O)[C@@H](C)CC. The first-order valence-corrected chi connectivity index (χ1v) is 27.4. The second-order valence-electron chi connectivity index (χ2n) is 20.4. The third kappa shape index (κ3) is 24.7. The summed E-state index contributed by atoms with van der Waals surface area (Å²) in [5.74, 6) is -4.32. The van der Waals surface area contributed by atoms with Gasteiger partial charge in [0.15, 0.2) is 0 Å². The zero-order valence-corrected chi connectivity index (χ0v) is 43.9. The lowest BCUT2D eigenvalue weighted by Gasteiger charge is -2.31. The fourth-order valence-corrected chi connectivity index (χ4v) is 9.38. The maximum Gasteiger partial charge on any atom is 0.326 e. The molecule has 1 aliphatic carbocycles. The second kappa shape index (κ2) is 36.6. The van der Waals surface area contributed by atoms with Crippen LogP contribution in [-0.2, 0) is 33.6 Å². The van der Waals surface area contributed by atoms with Crippen LogP contribution in [0.1, 0.15) is 202 Å². The van der Waals surface area contributed by atoms with Gasteiger partial charge in [0.05, 0.1) is 0 Å². The topological polar surface area (TPSA) is 255 Å². The van der Waals surface area contributed by atoms with Crippen LogP contribution in [0.5, 0.6) is 0 Å². The van der Waals surface area contributed by atoms with Gasteiger partial charge in [-0.15, -0.1) is 0 Å². The van der Waals surface area contributed by atoms with Gasteiger partial charge in [-0.25, -0.2) is 4.79 Å². The first-order valence-electron chi connectivity index (χ1n) is 27.4. The monoisotopic (exact) mass is 985 g/mol. The Morgan fingerprint density at radius 2 is 1.21 bits per heavy atom. The van der Waals surface area contributed by atoms with E-state index >= 15 is 0 Å². The Bertz CT molecular complexity index is 1620. The van der Waals surface area contributed by atoms with Crippen LogP contribution in [0.2, 0.25) is 0 Å². The maximum atomic E-state index is 14.4. The molecule has 16 nitrogen and oxygen atoms in total. The van der Waals surface area contributed by atoms with E-state index in [1.165, 1.54) is 62.7 Å². The standard InChI is InChI=1S/C54H96N8O8/c1-6-8-9-10-11-12-13-14-15-16-17-18-22-33-47(63)57-44(37-39(3)4)50(65)61-48(40(5)7-2)52(67)58-42(30-23-25-34-55)49(64)59-43(31-24-26-35-56)53(68)62-36-27-32-46(62)51(66)60-45(54(69)70)38-41-28-20-19-21-29-41/h19-21,28,39-46,48H,6-18,22-27,29-38,55-56H2,1-5H3,(H,57,63)(H,58,67)(H,59,64)(H,60,66)(H,61,65)(H,69,70)/t40-,41?,42-,43-,44-,45-,46-,48-/m0/s1. The van der Waals surface area contributed by atoms with Crippen LogP contribution in [0.25, 0.3) is 0 Å². The average Bonchev–Trinajstić information content (AvgIpc) is 3.84. The van der Waals surface area contributed by atoms with Gasteiger partial charge in [-0.3, -0.25) is 28.8 Å². The van der Waals surface area contributed by atoms with Gasteiger partial charge < -0.3 is 48.1 Å². The van der Waals surface area contributed by atoms with Crippen LogP contribution in [0.15, 0.2) is 24.3 Å². The fraction of sp³-hybridized carbons (Fsp3) is 0.796. The molecule has 1 aliphatic heterocycles. The van der Waals surface area contributed by atoms with Crippen molar-refractivity contribution in [3.8, 4) is 0 Å². The van der Waals surface area contributed by atoms with Gasteiger partial charge in [-0.05, 0) is 108 Å². The van der Waals surface area contributed by atoms with E-state index in [1.807, 2.05) is 52.0 Å². The van der Waals surface area contributed by atoms with Gasteiger partial charge >= 0.3 is 5.97 Å². The first-order chi connectivity index (χ1) is 33.7. The lowest BCUT2D eigenvalue weighted by atomic mass is 9.93. The quantitative estimate of drug-likeness (QED) is 0.0298. The molecule has 1 saturated heterocycles. The minimum absolute atomic E-state index is 0.0529. The molecule has 10 N–H and O–H groups in total. The number of likely N-dealkylation sites (tertiary alicyclic amines) is 1. The number of carbonyl (C=O) groups excluding carboxylic acids is 6. The van der Waals surface area contributed by atoms with E-state index in [9.17, 15) is 38.7 Å². The molecule has 0 bridgehead atoms. The van der Waals surface area contributed by atoms with Crippen molar-refractivity contribution < 1.29 is 38.7 Å². The van der Waals surface area contributed by atoms with Crippen molar-refractivity contribution in [2.45, 2.75) is 238 Å². The summed E-state index contributed by atoms with van der Waals surface area (Å²) in [6.45, 7) is 10.9. The largest absolute Gasteiger partial charge is 0.480 e. The summed E-state index contributed by atoms with van der Waals surface area (Å²) in [5.41, 5.74) is 11.6. The van der Waals surface area contributed by atoms with Crippen molar-refractivity contribution >= 4 is 41.4 Å². The third-order valence-electron chi connectivity index (χ3n) is 13.9. The van der Waals surface area contributed by atoms with E-state index < -0.39 is 71.8 Å². The van der Waals surface area contributed by atoms with Crippen molar-refractivity contribution in [3.63, 3.8) is 0 Å². The molecule has 2 aliphatic rings. The number of hydrogen-bond acceptors (Lipinski definition) is 9. The van der Waals surface area contributed by atoms with Crippen LogP contribution in [0.4, 0.5) is 0 Å². The smallest absolute Gasteiger partial charge is 0.326 e. The molecule has 8 atom stereocenters. The van der Waals surface area contributed by atoms with Gasteiger partial charge in [-0.1, -0.05) is 142 Å². The van der Waals surface area contributed by atoms with E-state index in [0.29, 0.717) is 77.3 Å². The Balaban J connectivity index is 2.13. The summed E-state index contributed by atoms with van der Waals surface area (Å²) < 4.78 is 0. The first kappa shape index (κ1) is 61.8. The third-order valence-corrected chi connectivity index (χ3v) is 13.9. The highest BCUT2D eigenvalue weighted by Gasteiger charge is 2.40. The molecule has 0 saturated carbocycles. The number of nitrogens with two attached hydrogens (primary N) is 2. The number of hydrogen-bond donors (Lipinski definition) is 8. The number of carboxylic acid groups (broad SMARTS) is 1. The number of allylic oxidation sites excluding steroid dienone is 4. The normalized spacial score (nSPS) is 18.1. The van der Waals surface area contributed by atoms with E-state index in [-0.39, 0.29) is 49.5 Å². The number of nitrogens with one attached hydrogen (secondary N) is 5. The second-order valence-corrected chi connectivity index (χ2v) is 20.4. The zero-order valence-electron chi connectivity index (χ0n) is 43.9. The number of nitrogens with zero attached hydrogens (tertiary/aromatic N) is 1. The number of aliphatic carboxylic acids is 1. The Morgan fingerprint density at radius 3 is 1.76 bits per heavy atom. The van der Waals surface area contributed by atoms with Gasteiger partial charge in [0.1, 0.15) is 36.3 Å². The predicted molar refractivity (Wildman–Crippen MR) is 278 cm³/mol. The molecule has 70 heavy (non-hydrogen) atoms. The summed E-state index contributed by atoms with van der Waals surface area (Å²) >= 11 is 0. The highest BCUT2D eigenvalue weighted by Crippen LogP contribution is 2.23. The molecule has 1 fully saturated rings. The van der Waals surface area contributed by atoms with E-state index in [2.05, 4.69) is 33.5 Å². The number of rotatable bonds is 39. The molecular formula is C54H96N8O8. The molecule has 0 aromatic heterocycles. The molecule has 2 rings (SSSR count). The minimum Gasteiger partial charge on any atom is -0.480 e. The van der Waals surface area contributed by atoms with Crippen LogP contribution in [0.3, 0.4) is 0 Å². The Hall–Kier alpha value is -4.31. The summed E-state index contributed by atoms with van der Waals surface area (Å²) in [6.07, 6.45) is 28.8. The maximum absolute atomic E-state index is 14.4. The number of unbranched alkanes of at least 4 members (excludes halogenated alkanes) is 14. The van der Waals surface area contributed by atoms with Crippen molar-refractivity contribution in [1.29, 1.82) is 0 Å². The molecule has 6 amide bonds. The molecule has 400 valence electrons. The van der Waals surface area contributed by atoms with Gasteiger partial charge in [0.25, 0.3) is 0 Å². The average molecular weight is 985 g/mol. The van der Waals surface area contributed by atoms with Gasteiger partial charge in [0.2, 0.25) is 35.4 Å². The van der Waals surface area contributed by atoms with Crippen LogP contribution >= 0.6 is 0 Å². The summed E-state index contributed by atoms with van der Waals surface area (Å²) in [4.78, 5) is 97.4. The summed E-state index contributed by atoms with van der Waals surface area (Å²) in [7, 11) is 0. The van der Waals surface area contributed by atoms with E-state index in [0.717, 1.165) is 25.7 Å². The van der Waals surface area contributed by atoms with Crippen molar-refractivity contribution in [2.24, 2.45) is 29.2 Å². The van der Waals surface area contributed by atoms with Crippen molar-refractivity contribution in [3.05, 3.63) is 24.3 Å². The lowest BCUT2D eigenvalue weighted by molar-refractivity contribution is -0.145. The molecule has 1 heterocycles. The number of amides is 6.